The number of fused-ring (bicyclic) bond motifs is 5. The summed E-state index contributed by atoms with van der Waals surface area (Å²) in [4.78, 5) is 0. The van der Waals surface area contributed by atoms with E-state index in [0.717, 1.165) is 36.7 Å². The summed E-state index contributed by atoms with van der Waals surface area (Å²) >= 11 is 0. The summed E-state index contributed by atoms with van der Waals surface area (Å²) in [6.07, 6.45) is 12.1. The van der Waals surface area contributed by atoms with Gasteiger partial charge in [-0.05, 0) is 92.3 Å². The predicted molar refractivity (Wildman–Crippen MR) is 114 cm³/mol. The smallest absolute Gasteiger partial charge is 0.0704 e. The number of rotatable bonds is 4. The van der Waals surface area contributed by atoms with Crippen LogP contribution in [0.4, 0.5) is 0 Å². The van der Waals surface area contributed by atoms with Crippen molar-refractivity contribution in [2.24, 2.45) is 40.4 Å². The Bertz CT molecular complexity index is 555. The Balaban J connectivity index is 0.00000109. The molecule has 0 aromatic rings. The number of nitrogens with zero attached hydrogens (tertiary/aromatic N) is 1. The highest BCUT2D eigenvalue weighted by Crippen LogP contribution is 2.67. The molecule has 3 heteroatoms. The van der Waals surface area contributed by atoms with Crippen molar-refractivity contribution in [3.8, 4) is 6.07 Å². The summed E-state index contributed by atoms with van der Waals surface area (Å²) in [5.74, 6) is 3.69. The van der Waals surface area contributed by atoms with E-state index < -0.39 is 0 Å². The zero-order valence-corrected chi connectivity index (χ0v) is 19.0. The van der Waals surface area contributed by atoms with E-state index in [0.29, 0.717) is 29.5 Å². The van der Waals surface area contributed by atoms with Gasteiger partial charge >= 0.3 is 0 Å². The molecule has 4 aliphatic rings. The van der Waals surface area contributed by atoms with Gasteiger partial charge in [0.15, 0.2) is 0 Å². The molecule has 0 heterocycles. The summed E-state index contributed by atoms with van der Waals surface area (Å²) in [6, 6.07) is 2.67. The van der Waals surface area contributed by atoms with Gasteiger partial charge in [0, 0.05) is 7.11 Å². The van der Waals surface area contributed by atoms with E-state index in [9.17, 15) is 5.26 Å². The average molecular weight is 390 g/mol. The van der Waals surface area contributed by atoms with Gasteiger partial charge in [-0.15, -0.1) is 0 Å². The maximum Gasteiger partial charge on any atom is 0.0704 e. The van der Waals surface area contributed by atoms with Crippen LogP contribution in [0.25, 0.3) is 0 Å². The first-order chi connectivity index (χ1) is 13.5. The van der Waals surface area contributed by atoms with Crippen molar-refractivity contribution in [2.45, 2.75) is 91.6 Å². The first-order valence-electron chi connectivity index (χ1n) is 12.0. The largest absolute Gasteiger partial charge is 0.382 e. The highest BCUT2D eigenvalue weighted by Gasteiger charge is 2.60. The molecule has 0 aromatic carbocycles. The quantitative estimate of drug-likeness (QED) is 0.535. The molecule has 4 saturated carbocycles. The number of hydrogen-bond donors (Lipinski definition) is 0. The molecule has 4 aliphatic carbocycles. The van der Waals surface area contributed by atoms with Gasteiger partial charge in [-0.25, -0.2) is 0 Å². The lowest BCUT2D eigenvalue weighted by molar-refractivity contribution is -0.139. The van der Waals surface area contributed by atoms with Crippen LogP contribution in [0.1, 0.15) is 85.5 Å². The second kappa shape index (κ2) is 9.05. The minimum absolute atomic E-state index is 0.294. The molecule has 160 valence electrons. The number of hydrogen-bond acceptors (Lipinski definition) is 3. The van der Waals surface area contributed by atoms with Crippen molar-refractivity contribution in [2.75, 3.05) is 20.3 Å². The number of ether oxygens (including phenoxy) is 2. The van der Waals surface area contributed by atoms with Crippen LogP contribution in [0.15, 0.2) is 0 Å². The van der Waals surface area contributed by atoms with Crippen molar-refractivity contribution >= 4 is 0 Å². The van der Waals surface area contributed by atoms with Gasteiger partial charge < -0.3 is 9.47 Å². The van der Waals surface area contributed by atoms with Crippen LogP contribution in [-0.2, 0) is 9.47 Å². The van der Waals surface area contributed by atoms with E-state index in [2.05, 4.69) is 19.9 Å². The third kappa shape index (κ3) is 3.65. The summed E-state index contributed by atoms with van der Waals surface area (Å²) in [6.45, 7) is 10.5. The first kappa shape index (κ1) is 22.1. The van der Waals surface area contributed by atoms with E-state index in [-0.39, 0.29) is 0 Å². The minimum Gasteiger partial charge on any atom is -0.382 e. The molecule has 0 radical (unpaired) electrons. The molecule has 0 aromatic heterocycles. The van der Waals surface area contributed by atoms with Crippen LogP contribution in [0.2, 0.25) is 0 Å². The molecule has 0 saturated heterocycles. The molecule has 28 heavy (non-hydrogen) atoms. The fraction of sp³-hybridized carbons (Fsp3) is 0.960. The Morgan fingerprint density at radius 3 is 2.32 bits per heavy atom. The van der Waals surface area contributed by atoms with Gasteiger partial charge in [-0.3, -0.25) is 0 Å². The topological polar surface area (TPSA) is 42.2 Å². The molecule has 0 bridgehead atoms. The Morgan fingerprint density at radius 1 is 0.893 bits per heavy atom. The molecule has 0 spiro atoms. The van der Waals surface area contributed by atoms with Crippen LogP contribution in [0, 0.1) is 51.8 Å². The molecule has 0 amide bonds. The van der Waals surface area contributed by atoms with Crippen molar-refractivity contribution in [1.29, 1.82) is 5.26 Å². The van der Waals surface area contributed by atoms with Gasteiger partial charge in [-0.1, -0.05) is 27.7 Å². The van der Waals surface area contributed by atoms with E-state index in [1.807, 2.05) is 13.8 Å². The zero-order chi connectivity index (χ0) is 20.4. The predicted octanol–water partition coefficient (Wildman–Crippen LogP) is 6.23. The molecule has 0 N–H and O–H groups in total. The monoisotopic (exact) mass is 389 g/mol. The van der Waals surface area contributed by atoms with Crippen LogP contribution < -0.4 is 0 Å². The molecule has 4 rings (SSSR count). The van der Waals surface area contributed by atoms with Gasteiger partial charge in [0.2, 0.25) is 0 Å². The van der Waals surface area contributed by atoms with Crippen molar-refractivity contribution in [1.82, 2.24) is 0 Å². The standard InChI is InChI=1S/C23H37NO2.C2H6/c1-22-11-10-21-19(20(22)9-6-17(22)15-24)8-5-16-4-7-18(14-23(16,21)2)26-13-12-25-3;1-2/h16-21H,4-14H2,1-3H3;1-2H3. The number of nitriles is 1. The molecule has 8 unspecified atom stereocenters. The van der Waals surface area contributed by atoms with Gasteiger partial charge in [0.05, 0.1) is 31.3 Å². The molecule has 3 nitrogen and oxygen atoms in total. The maximum atomic E-state index is 9.67. The van der Waals surface area contributed by atoms with Gasteiger partial charge in [0.1, 0.15) is 0 Å². The Hall–Kier alpha value is -0.590. The highest BCUT2D eigenvalue weighted by atomic mass is 16.5. The second-order valence-corrected chi connectivity index (χ2v) is 10.2. The van der Waals surface area contributed by atoms with E-state index in [4.69, 9.17) is 9.47 Å². The first-order valence-corrected chi connectivity index (χ1v) is 12.0. The fourth-order valence-corrected chi connectivity index (χ4v) is 7.96. The molecular weight excluding hydrogens is 346 g/mol. The van der Waals surface area contributed by atoms with Crippen molar-refractivity contribution in [3.05, 3.63) is 0 Å². The Labute approximate surface area is 173 Å². The summed E-state index contributed by atoms with van der Waals surface area (Å²) in [5.41, 5.74) is 0.743. The summed E-state index contributed by atoms with van der Waals surface area (Å²) in [7, 11) is 1.75. The van der Waals surface area contributed by atoms with E-state index >= 15 is 0 Å². The maximum absolute atomic E-state index is 9.67. The van der Waals surface area contributed by atoms with Crippen LogP contribution in [0.3, 0.4) is 0 Å². The lowest BCUT2D eigenvalue weighted by Gasteiger charge is -2.61. The van der Waals surface area contributed by atoms with Crippen LogP contribution >= 0.6 is 0 Å². The summed E-state index contributed by atoms with van der Waals surface area (Å²) < 4.78 is 11.4. The van der Waals surface area contributed by atoms with E-state index in [1.54, 1.807) is 7.11 Å². The third-order valence-corrected chi connectivity index (χ3v) is 9.37. The Morgan fingerprint density at radius 2 is 1.61 bits per heavy atom. The fourth-order valence-electron chi connectivity index (χ4n) is 7.96. The van der Waals surface area contributed by atoms with Crippen molar-refractivity contribution < 1.29 is 9.47 Å². The molecule has 8 atom stereocenters. The van der Waals surface area contributed by atoms with Gasteiger partial charge in [-0.2, -0.15) is 5.26 Å². The van der Waals surface area contributed by atoms with Crippen molar-refractivity contribution in [3.63, 3.8) is 0 Å². The molecular formula is C25H43NO2. The third-order valence-electron chi connectivity index (χ3n) is 9.37. The van der Waals surface area contributed by atoms with Crippen LogP contribution in [-0.4, -0.2) is 26.4 Å². The molecule has 4 fully saturated rings. The average Bonchev–Trinajstić information content (AvgIpc) is 3.05. The normalized spacial score (nSPS) is 47.0. The SMILES string of the molecule is CC.COCCOC1CCC2CCC3C4CCC(C#N)C4(C)CCC3C2(C)C1. The van der Waals surface area contributed by atoms with Gasteiger partial charge in [0.25, 0.3) is 0 Å². The minimum atomic E-state index is 0.294. The highest BCUT2D eigenvalue weighted by molar-refractivity contribution is 5.12. The lowest BCUT2D eigenvalue weighted by Crippen LogP contribution is -2.54. The lowest BCUT2D eigenvalue weighted by atomic mass is 9.44. The summed E-state index contributed by atoms with van der Waals surface area (Å²) in [5, 5.41) is 9.67. The Kier molecular flexibility index (Phi) is 7.14. The second-order valence-electron chi connectivity index (χ2n) is 10.2. The number of methoxy groups -OCH3 is 1. The molecule has 0 aliphatic heterocycles. The zero-order valence-electron chi connectivity index (χ0n) is 19.0. The van der Waals surface area contributed by atoms with Crippen LogP contribution in [0.5, 0.6) is 0 Å². The van der Waals surface area contributed by atoms with E-state index in [1.165, 1.54) is 51.4 Å².